The Morgan fingerprint density at radius 1 is 0.792 bits per heavy atom. The predicted octanol–water partition coefficient (Wildman–Crippen LogP) is 5.16. The zero-order valence-electron chi connectivity index (χ0n) is 13.3. The van der Waals surface area contributed by atoms with E-state index in [4.69, 9.17) is 4.74 Å². The van der Waals surface area contributed by atoms with Crippen molar-refractivity contribution in [2.75, 3.05) is 0 Å². The molecule has 3 rings (SSSR count). The zero-order valence-corrected chi connectivity index (χ0v) is 13.3. The summed E-state index contributed by atoms with van der Waals surface area (Å²) in [5, 5.41) is 0. The second-order valence-electron chi connectivity index (χ2n) is 5.42. The number of ether oxygens (including phenoxy) is 1. The van der Waals surface area contributed by atoms with E-state index in [0.29, 0.717) is 11.3 Å². The smallest absolute Gasteiger partial charge is 0.343 e. The second kappa shape index (κ2) is 7.93. The fourth-order valence-corrected chi connectivity index (χ4v) is 2.33. The molecule has 2 heteroatoms. The summed E-state index contributed by atoms with van der Waals surface area (Å²) in [5.41, 5.74) is 2.90. The molecule has 2 nitrogen and oxygen atoms in total. The van der Waals surface area contributed by atoms with E-state index in [0.717, 1.165) is 6.42 Å². The highest BCUT2D eigenvalue weighted by atomic mass is 16.5. The number of esters is 1. The quantitative estimate of drug-likeness (QED) is 0.480. The minimum atomic E-state index is -0.340. The third-order valence-corrected chi connectivity index (χ3v) is 3.61. The molecule has 0 unspecified atom stereocenters. The summed E-state index contributed by atoms with van der Waals surface area (Å²) < 4.78 is 5.37. The molecule has 3 aromatic rings. The molecular formula is C22H18O2. The average Bonchev–Trinajstić information content (AvgIpc) is 2.65. The molecule has 0 radical (unpaired) electrons. The van der Waals surface area contributed by atoms with Crippen LogP contribution in [-0.4, -0.2) is 5.97 Å². The SMILES string of the molecule is O=C(Oc1ccc(CC=Cc2ccccc2)cc1)c1ccccc1. The summed E-state index contributed by atoms with van der Waals surface area (Å²) in [5.74, 6) is 0.215. The maximum absolute atomic E-state index is 12.0. The van der Waals surface area contributed by atoms with Gasteiger partial charge in [-0.1, -0.05) is 72.8 Å². The molecule has 118 valence electrons. The van der Waals surface area contributed by atoms with Gasteiger partial charge in [-0.15, -0.1) is 0 Å². The van der Waals surface area contributed by atoms with Crippen molar-refractivity contribution in [3.63, 3.8) is 0 Å². The fourth-order valence-electron chi connectivity index (χ4n) is 2.33. The minimum absolute atomic E-state index is 0.340. The number of carbonyl (C=O) groups excluding carboxylic acids is 1. The van der Waals surface area contributed by atoms with Crippen molar-refractivity contribution >= 4 is 12.0 Å². The van der Waals surface area contributed by atoms with Crippen molar-refractivity contribution in [3.8, 4) is 5.75 Å². The van der Waals surface area contributed by atoms with Crippen LogP contribution >= 0.6 is 0 Å². The molecule has 0 bridgehead atoms. The van der Waals surface area contributed by atoms with Crippen molar-refractivity contribution < 1.29 is 9.53 Å². The number of hydrogen-bond acceptors (Lipinski definition) is 2. The highest BCUT2D eigenvalue weighted by Gasteiger charge is 2.07. The molecule has 0 atom stereocenters. The third-order valence-electron chi connectivity index (χ3n) is 3.61. The summed E-state index contributed by atoms with van der Waals surface area (Å²) in [6.07, 6.45) is 5.06. The Balaban J connectivity index is 1.57. The molecule has 0 saturated carbocycles. The molecule has 0 N–H and O–H groups in total. The summed E-state index contributed by atoms with van der Waals surface area (Å²) in [7, 11) is 0. The van der Waals surface area contributed by atoms with Gasteiger partial charge >= 0.3 is 5.97 Å². The van der Waals surface area contributed by atoms with Crippen LogP contribution in [-0.2, 0) is 6.42 Å². The van der Waals surface area contributed by atoms with Gasteiger partial charge in [-0.2, -0.15) is 0 Å². The van der Waals surface area contributed by atoms with Crippen LogP contribution in [0, 0.1) is 0 Å². The molecule has 0 fully saturated rings. The highest BCUT2D eigenvalue weighted by molar-refractivity contribution is 5.90. The molecule has 0 aliphatic heterocycles. The molecule has 0 spiro atoms. The predicted molar refractivity (Wildman–Crippen MR) is 97.0 cm³/mol. The Bertz CT molecular complexity index is 804. The van der Waals surface area contributed by atoms with Crippen LogP contribution in [0.4, 0.5) is 0 Å². The second-order valence-corrected chi connectivity index (χ2v) is 5.42. The average molecular weight is 314 g/mol. The Morgan fingerprint density at radius 3 is 2.08 bits per heavy atom. The molecule has 0 aliphatic rings. The molecule has 0 saturated heterocycles. The number of allylic oxidation sites excluding steroid dienone is 1. The summed E-state index contributed by atoms with van der Waals surface area (Å²) >= 11 is 0. The first-order valence-corrected chi connectivity index (χ1v) is 7.89. The number of rotatable bonds is 5. The lowest BCUT2D eigenvalue weighted by Gasteiger charge is -2.05. The highest BCUT2D eigenvalue weighted by Crippen LogP contribution is 2.15. The molecule has 0 aromatic heterocycles. The molecule has 0 heterocycles. The van der Waals surface area contributed by atoms with Crippen LogP contribution in [0.3, 0.4) is 0 Å². The van der Waals surface area contributed by atoms with E-state index in [1.54, 1.807) is 12.1 Å². The van der Waals surface area contributed by atoms with Gasteiger partial charge in [-0.3, -0.25) is 0 Å². The van der Waals surface area contributed by atoms with Crippen molar-refractivity contribution in [1.82, 2.24) is 0 Å². The summed E-state index contributed by atoms with van der Waals surface area (Å²) in [6, 6.07) is 26.8. The van der Waals surface area contributed by atoms with Gasteiger partial charge in [0.1, 0.15) is 5.75 Å². The summed E-state index contributed by atoms with van der Waals surface area (Å²) in [4.78, 5) is 12.0. The van der Waals surface area contributed by atoms with E-state index in [2.05, 4.69) is 24.3 Å². The number of carbonyl (C=O) groups is 1. The first-order valence-electron chi connectivity index (χ1n) is 7.89. The number of benzene rings is 3. The van der Waals surface area contributed by atoms with Gasteiger partial charge in [-0.05, 0) is 41.8 Å². The fraction of sp³-hybridized carbons (Fsp3) is 0.0455. The molecule has 0 amide bonds. The lowest BCUT2D eigenvalue weighted by molar-refractivity contribution is 0.0734. The molecule has 0 aliphatic carbocycles. The van der Waals surface area contributed by atoms with Crippen molar-refractivity contribution in [2.45, 2.75) is 6.42 Å². The molecular weight excluding hydrogens is 296 g/mol. The van der Waals surface area contributed by atoms with Gasteiger partial charge in [0, 0.05) is 0 Å². The van der Waals surface area contributed by atoms with Gasteiger partial charge in [0.05, 0.1) is 5.56 Å². The maximum Gasteiger partial charge on any atom is 0.343 e. The van der Waals surface area contributed by atoms with E-state index in [9.17, 15) is 4.79 Å². The lowest BCUT2D eigenvalue weighted by atomic mass is 10.1. The lowest BCUT2D eigenvalue weighted by Crippen LogP contribution is -2.07. The van der Waals surface area contributed by atoms with Gasteiger partial charge in [0.25, 0.3) is 0 Å². The van der Waals surface area contributed by atoms with Gasteiger partial charge in [0.2, 0.25) is 0 Å². The minimum Gasteiger partial charge on any atom is -0.423 e. The van der Waals surface area contributed by atoms with Crippen LogP contribution in [0.1, 0.15) is 21.5 Å². The van der Waals surface area contributed by atoms with E-state index in [-0.39, 0.29) is 5.97 Å². The van der Waals surface area contributed by atoms with Crippen LogP contribution in [0.2, 0.25) is 0 Å². The van der Waals surface area contributed by atoms with E-state index in [1.165, 1.54) is 11.1 Å². The maximum atomic E-state index is 12.0. The standard InChI is InChI=1S/C22H18O2/c23-22(20-12-5-2-6-13-20)24-21-16-14-19(15-17-21)11-7-10-18-8-3-1-4-9-18/h1-10,12-17H,11H2. The Morgan fingerprint density at radius 2 is 1.42 bits per heavy atom. The Labute approximate surface area is 142 Å². The first-order chi connectivity index (χ1) is 11.8. The summed E-state index contributed by atoms with van der Waals surface area (Å²) in [6.45, 7) is 0. The van der Waals surface area contributed by atoms with Crippen LogP contribution in [0.25, 0.3) is 6.08 Å². The van der Waals surface area contributed by atoms with Crippen molar-refractivity contribution in [1.29, 1.82) is 0 Å². The van der Waals surface area contributed by atoms with Crippen LogP contribution in [0.5, 0.6) is 5.75 Å². The monoisotopic (exact) mass is 314 g/mol. The largest absolute Gasteiger partial charge is 0.423 e. The van der Waals surface area contributed by atoms with Crippen LogP contribution in [0.15, 0.2) is 91.0 Å². The van der Waals surface area contributed by atoms with Crippen molar-refractivity contribution in [3.05, 3.63) is 108 Å². The van der Waals surface area contributed by atoms with E-state index < -0.39 is 0 Å². The van der Waals surface area contributed by atoms with E-state index in [1.807, 2.05) is 60.7 Å². The zero-order chi connectivity index (χ0) is 16.6. The Hall–Kier alpha value is -3.13. The topological polar surface area (TPSA) is 26.3 Å². The number of hydrogen-bond donors (Lipinski definition) is 0. The van der Waals surface area contributed by atoms with E-state index >= 15 is 0 Å². The van der Waals surface area contributed by atoms with Gasteiger partial charge < -0.3 is 4.74 Å². The van der Waals surface area contributed by atoms with Gasteiger partial charge in [-0.25, -0.2) is 4.79 Å². The van der Waals surface area contributed by atoms with Gasteiger partial charge in [0.15, 0.2) is 0 Å². The third kappa shape index (κ3) is 4.43. The normalized spacial score (nSPS) is 10.7. The van der Waals surface area contributed by atoms with Crippen molar-refractivity contribution in [2.24, 2.45) is 0 Å². The van der Waals surface area contributed by atoms with Crippen LogP contribution < -0.4 is 4.74 Å². The molecule has 3 aromatic carbocycles. The molecule has 24 heavy (non-hydrogen) atoms. The Kier molecular flexibility index (Phi) is 5.21. The first kappa shape index (κ1) is 15.8.